The van der Waals surface area contributed by atoms with Crippen LogP contribution in [0, 0.1) is 0 Å². The van der Waals surface area contributed by atoms with Crippen molar-refractivity contribution in [3.63, 3.8) is 0 Å². The number of H-pyrrole nitrogens is 1. The molecule has 2 aromatic heterocycles. The Labute approximate surface area is 157 Å². The van der Waals surface area contributed by atoms with E-state index in [2.05, 4.69) is 10.4 Å². The number of hydrogen-bond acceptors (Lipinski definition) is 5. The number of hydrogen-bond donors (Lipinski definition) is 3. The van der Waals surface area contributed by atoms with Gasteiger partial charge in [-0.1, -0.05) is 18.2 Å². The van der Waals surface area contributed by atoms with Crippen molar-refractivity contribution in [1.29, 1.82) is 0 Å². The molecular formula is C18H17N3O5S. The minimum atomic E-state index is -1.02. The number of nitrogens with one attached hydrogen (secondary N) is 2. The standard InChI is InChI=1S/C18H17N3O5S/c22-15(19-13(10-16(23)24)14-6-3-9-27-14)7-8-21-18(26)12-5-2-1-4-11(12)17(25)20-21/h1-6,9,13H,7-8,10H2,(H,19,22)(H,20,25)(H,23,24)/t13-/m0/s1. The van der Waals surface area contributed by atoms with Crippen LogP contribution in [0.4, 0.5) is 0 Å². The van der Waals surface area contributed by atoms with Crippen LogP contribution >= 0.6 is 11.3 Å². The van der Waals surface area contributed by atoms with Gasteiger partial charge in [-0.2, -0.15) is 0 Å². The van der Waals surface area contributed by atoms with Gasteiger partial charge in [-0.25, -0.2) is 4.68 Å². The van der Waals surface area contributed by atoms with Crippen LogP contribution in [0.2, 0.25) is 0 Å². The Kier molecular flexibility index (Phi) is 5.51. The maximum absolute atomic E-state index is 12.4. The summed E-state index contributed by atoms with van der Waals surface area (Å²) in [6.45, 7) is -0.0189. The van der Waals surface area contributed by atoms with Gasteiger partial charge < -0.3 is 10.4 Å². The van der Waals surface area contributed by atoms with Gasteiger partial charge in [0.05, 0.1) is 29.8 Å². The van der Waals surface area contributed by atoms with Gasteiger partial charge in [0.25, 0.3) is 11.1 Å². The Morgan fingerprint density at radius 3 is 2.56 bits per heavy atom. The average molecular weight is 387 g/mol. The molecule has 0 radical (unpaired) electrons. The van der Waals surface area contributed by atoms with Crippen molar-refractivity contribution in [2.45, 2.75) is 25.4 Å². The van der Waals surface area contributed by atoms with Crippen LogP contribution < -0.4 is 16.4 Å². The summed E-state index contributed by atoms with van der Waals surface area (Å²) in [4.78, 5) is 48.5. The molecule has 8 nitrogen and oxygen atoms in total. The fourth-order valence-corrected chi connectivity index (χ4v) is 3.55. The third kappa shape index (κ3) is 4.32. The molecule has 2 heterocycles. The number of aliphatic carboxylic acids is 1. The Morgan fingerprint density at radius 2 is 1.89 bits per heavy atom. The second-order valence-corrected chi connectivity index (χ2v) is 6.91. The number of amides is 1. The van der Waals surface area contributed by atoms with Crippen molar-refractivity contribution in [2.24, 2.45) is 0 Å². The highest BCUT2D eigenvalue weighted by molar-refractivity contribution is 7.10. The van der Waals surface area contributed by atoms with Crippen molar-refractivity contribution < 1.29 is 14.7 Å². The summed E-state index contributed by atoms with van der Waals surface area (Å²) in [5.74, 6) is -1.43. The zero-order valence-corrected chi connectivity index (χ0v) is 15.0. The molecule has 140 valence electrons. The Hall–Kier alpha value is -3.20. The van der Waals surface area contributed by atoms with E-state index in [1.807, 2.05) is 0 Å². The first-order valence-electron chi connectivity index (χ1n) is 8.22. The molecule has 0 spiro atoms. The predicted octanol–water partition coefficient (Wildman–Crippen LogP) is 1.47. The van der Waals surface area contributed by atoms with E-state index < -0.39 is 29.0 Å². The number of nitrogens with zero attached hydrogens (tertiary/aromatic N) is 1. The molecule has 1 aromatic carbocycles. The molecule has 0 aliphatic heterocycles. The van der Waals surface area contributed by atoms with Crippen LogP contribution in [-0.4, -0.2) is 26.8 Å². The molecular weight excluding hydrogens is 370 g/mol. The second kappa shape index (κ2) is 8.00. The molecule has 3 aromatic rings. The monoisotopic (exact) mass is 387 g/mol. The van der Waals surface area contributed by atoms with Crippen molar-refractivity contribution >= 4 is 34.0 Å². The third-order valence-corrected chi connectivity index (χ3v) is 5.03. The number of thiophene rings is 1. The number of carbonyl (C=O) groups excluding carboxylic acids is 1. The van der Waals surface area contributed by atoms with Crippen molar-refractivity contribution in [1.82, 2.24) is 15.1 Å². The maximum atomic E-state index is 12.4. The zero-order chi connectivity index (χ0) is 19.4. The quantitative estimate of drug-likeness (QED) is 0.567. The maximum Gasteiger partial charge on any atom is 0.305 e. The number of benzene rings is 1. The number of carbonyl (C=O) groups is 2. The van der Waals surface area contributed by atoms with Crippen molar-refractivity contribution in [3.05, 3.63) is 67.4 Å². The largest absolute Gasteiger partial charge is 0.481 e. The summed E-state index contributed by atoms with van der Waals surface area (Å²) >= 11 is 1.35. The zero-order valence-electron chi connectivity index (χ0n) is 14.2. The first-order valence-corrected chi connectivity index (χ1v) is 9.10. The number of carboxylic acid groups (broad SMARTS) is 1. The van der Waals surface area contributed by atoms with E-state index in [0.717, 1.165) is 9.56 Å². The lowest BCUT2D eigenvalue weighted by molar-refractivity contribution is -0.137. The number of aromatic nitrogens is 2. The molecule has 3 rings (SSSR count). The molecule has 0 bridgehead atoms. The molecule has 27 heavy (non-hydrogen) atoms. The molecule has 0 aliphatic rings. The van der Waals surface area contributed by atoms with E-state index in [1.54, 1.807) is 41.8 Å². The van der Waals surface area contributed by atoms with Gasteiger partial charge >= 0.3 is 5.97 Å². The summed E-state index contributed by atoms with van der Waals surface area (Å²) in [5, 5.41) is 16.6. The lowest BCUT2D eigenvalue weighted by Gasteiger charge is -2.16. The lowest BCUT2D eigenvalue weighted by Crippen LogP contribution is -2.34. The highest BCUT2D eigenvalue weighted by atomic mass is 32.1. The molecule has 0 aliphatic carbocycles. The number of rotatable bonds is 7. The summed E-state index contributed by atoms with van der Waals surface area (Å²) < 4.78 is 1.10. The molecule has 3 N–H and O–H groups in total. The highest BCUT2D eigenvalue weighted by Crippen LogP contribution is 2.22. The van der Waals surface area contributed by atoms with E-state index in [9.17, 15) is 19.2 Å². The smallest absolute Gasteiger partial charge is 0.305 e. The molecule has 1 amide bonds. The highest BCUT2D eigenvalue weighted by Gasteiger charge is 2.19. The summed E-state index contributed by atoms with van der Waals surface area (Å²) in [6.07, 6.45) is -0.311. The SMILES string of the molecule is O=C(O)C[C@H](NC(=O)CCn1[nH]c(=O)c2ccccc2c1=O)c1cccs1. The van der Waals surface area contributed by atoms with Crippen LogP contribution in [0.1, 0.15) is 23.8 Å². The summed E-state index contributed by atoms with van der Waals surface area (Å²) in [6, 6.07) is 9.35. The van der Waals surface area contributed by atoms with Gasteiger partial charge in [0, 0.05) is 11.3 Å². The number of fused-ring (bicyclic) bond motifs is 1. The average Bonchev–Trinajstić information content (AvgIpc) is 3.17. The third-order valence-electron chi connectivity index (χ3n) is 4.05. The van der Waals surface area contributed by atoms with Gasteiger partial charge in [0.2, 0.25) is 5.91 Å². The molecule has 9 heteroatoms. The fraction of sp³-hybridized carbons (Fsp3) is 0.222. The molecule has 0 saturated carbocycles. The lowest BCUT2D eigenvalue weighted by atomic mass is 10.1. The van der Waals surface area contributed by atoms with Gasteiger partial charge in [0.15, 0.2) is 0 Å². The summed E-state index contributed by atoms with van der Waals surface area (Å²) in [7, 11) is 0. The number of carboxylic acids is 1. The Morgan fingerprint density at radius 1 is 1.15 bits per heavy atom. The van der Waals surface area contributed by atoms with Crippen LogP contribution in [0.25, 0.3) is 10.8 Å². The minimum Gasteiger partial charge on any atom is -0.481 e. The normalized spacial score (nSPS) is 12.0. The van der Waals surface area contributed by atoms with Gasteiger partial charge in [-0.05, 0) is 23.6 Å². The van der Waals surface area contributed by atoms with Crippen LogP contribution in [0.3, 0.4) is 0 Å². The van der Waals surface area contributed by atoms with Crippen LogP contribution in [0.15, 0.2) is 51.4 Å². The second-order valence-electron chi connectivity index (χ2n) is 5.93. The van der Waals surface area contributed by atoms with Crippen molar-refractivity contribution in [2.75, 3.05) is 0 Å². The van der Waals surface area contributed by atoms with Gasteiger partial charge in [-0.3, -0.25) is 24.3 Å². The van der Waals surface area contributed by atoms with E-state index in [0.29, 0.717) is 5.39 Å². The van der Waals surface area contributed by atoms with E-state index >= 15 is 0 Å². The predicted molar refractivity (Wildman–Crippen MR) is 101 cm³/mol. The molecule has 1 atom stereocenters. The fourth-order valence-electron chi connectivity index (χ4n) is 2.77. The molecule has 0 fully saturated rings. The van der Waals surface area contributed by atoms with E-state index in [4.69, 9.17) is 5.11 Å². The summed E-state index contributed by atoms with van der Waals surface area (Å²) in [5.41, 5.74) is -0.800. The number of aromatic amines is 1. The van der Waals surface area contributed by atoms with Crippen molar-refractivity contribution in [3.8, 4) is 0 Å². The first-order chi connectivity index (χ1) is 13.0. The Bertz CT molecular complexity index is 1080. The van der Waals surface area contributed by atoms with E-state index in [-0.39, 0.29) is 24.8 Å². The topological polar surface area (TPSA) is 121 Å². The van der Waals surface area contributed by atoms with Crippen LogP contribution in [0.5, 0.6) is 0 Å². The minimum absolute atomic E-state index is 0.0189. The first kappa shape index (κ1) is 18.6. The van der Waals surface area contributed by atoms with Gasteiger partial charge in [-0.15, -0.1) is 11.3 Å². The van der Waals surface area contributed by atoms with Gasteiger partial charge in [0.1, 0.15) is 0 Å². The van der Waals surface area contributed by atoms with E-state index in [1.165, 1.54) is 11.3 Å². The molecule has 0 unspecified atom stereocenters. The Balaban J connectivity index is 1.73. The van der Waals surface area contributed by atoms with Crippen LogP contribution in [-0.2, 0) is 16.1 Å². The number of aryl methyl sites for hydroxylation is 1. The molecule has 0 saturated heterocycles.